The van der Waals surface area contributed by atoms with Gasteiger partial charge in [0.05, 0.1) is 0 Å². The Morgan fingerprint density at radius 1 is 1.14 bits per heavy atom. The molecule has 21 heavy (non-hydrogen) atoms. The number of benzene rings is 1. The van der Waals surface area contributed by atoms with E-state index in [4.69, 9.17) is 5.73 Å². The number of rotatable bonds is 3. The average Bonchev–Trinajstić information content (AvgIpc) is 2.47. The van der Waals surface area contributed by atoms with Crippen LogP contribution in [0.1, 0.15) is 75.8 Å². The molecule has 0 radical (unpaired) electrons. The Hall–Kier alpha value is -0.820. The fourth-order valence-corrected chi connectivity index (χ4v) is 4.91. The molecule has 116 valence electrons. The smallest absolute Gasteiger partial charge is 0.00780 e. The molecule has 1 heteroatoms. The Balaban J connectivity index is 1.72. The standard InChI is InChI=1S/C20H31N/c1-20(2)13-6-5-12-18(20)19(21)14-16-10-7-9-15-8-3-4-11-17(15)16/h3-4,8,11,16,18-19H,5-7,9-10,12-14,21H2,1-2H3. The Kier molecular flexibility index (Phi) is 4.40. The molecule has 0 heterocycles. The van der Waals surface area contributed by atoms with E-state index in [9.17, 15) is 0 Å². The molecule has 3 atom stereocenters. The van der Waals surface area contributed by atoms with Crippen molar-refractivity contribution in [2.75, 3.05) is 0 Å². The van der Waals surface area contributed by atoms with Crippen LogP contribution < -0.4 is 5.73 Å². The Morgan fingerprint density at radius 3 is 2.76 bits per heavy atom. The highest BCUT2D eigenvalue weighted by molar-refractivity contribution is 5.32. The van der Waals surface area contributed by atoms with E-state index in [-0.39, 0.29) is 0 Å². The van der Waals surface area contributed by atoms with Crippen molar-refractivity contribution in [2.24, 2.45) is 17.1 Å². The van der Waals surface area contributed by atoms with E-state index in [0.29, 0.717) is 23.3 Å². The third-order valence-corrected chi connectivity index (χ3v) is 6.16. The zero-order valence-corrected chi connectivity index (χ0v) is 13.8. The lowest BCUT2D eigenvalue weighted by atomic mass is 9.64. The summed E-state index contributed by atoms with van der Waals surface area (Å²) >= 11 is 0. The van der Waals surface area contributed by atoms with Crippen LogP contribution >= 0.6 is 0 Å². The first kappa shape index (κ1) is 15.1. The van der Waals surface area contributed by atoms with E-state index in [1.165, 1.54) is 51.4 Å². The molecule has 0 saturated heterocycles. The van der Waals surface area contributed by atoms with Crippen LogP contribution in [0.15, 0.2) is 24.3 Å². The van der Waals surface area contributed by atoms with E-state index >= 15 is 0 Å². The highest BCUT2D eigenvalue weighted by Gasteiger charge is 2.37. The van der Waals surface area contributed by atoms with Gasteiger partial charge in [0, 0.05) is 6.04 Å². The predicted molar refractivity (Wildman–Crippen MR) is 90.5 cm³/mol. The van der Waals surface area contributed by atoms with E-state index < -0.39 is 0 Å². The summed E-state index contributed by atoms with van der Waals surface area (Å²) in [5.74, 6) is 1.41. The van der Waals surface area contributed by atoms with E-state index in [2.05, 4.69) is 38.1 Å². The van der Waals surface area contributed by atoms with Crippen molar-refractivity contribution in [1.29, 1.82) is 0 Å². The molecule has 1 fully saturated rings. The molecule has 3 unspecified atom stereocenters. The molecule has 0 bridgehead atoms. The molecule has 1 aromatic carbocycles. The first-order chi connectivity index (χ1) is 10.1. The molecule has 3 rings (SSSR count). The number of aryl methyl sites for hydroxylation is 1. The lowest BCUT2D eigenvalue weighted by Gasteiger charge is -2.43. The first-order valence-corrected chi connectivity index (χ1v) is 8.91. The maximum atomic E-state index is 6.71. The van der Waals surface area contributed by atoms with Gasteiger partial charge in [0.25, 0.3) is 0 Å². The summed E-state index contributed by atoms with van der Waals surface area (Å²) in [5.41, 5.74) is 10.3. The second-order valence-corrected chi connectivity index (χ2v) is 8.03. The van der Waals surface area contributed by atoms with Gasteiger partial charge >= 0.3 is 0 Å². The minimum Gasteiger partial charge on any atom is -0.327 e. The maximum Gasteiger partial charge on any atom is 0.00780 e. The van der Waals surface area contributed by atoms with Crippen LogP contribution in [0.25, 0.3) is 0 Å². The molecule has 0 spiro atoms. The maximum absolute atomic E-state index is 6.71. The molecule has 1 nitrogen and oxygen atoms in total. The van der Waals surface area contributed by atoms with Crippen LogP contribution in [0.3, 0.4) is 0 Å². The van der Waals surface area contributed by atoms with Gasteiger partial charge in [-0.3, -0.25) is 0 Å². The van der Waals surface area contributed by atoms with Crippen molar-refractivity contribution in [3.63, 3.8) is 0 Å². The summed E-state index contributed by atoms with van der Waals surface area (Å²) < 4.78 is 0. The topological polar surface area (TPSA) is 26.0 Å². The summed E-state index contributed by atoms with van der Waals surface area (Å²) in [7, 11) is 0. The summed E-state index contributed by atoms with van der Waals surface area (Å²) in [6.07, 6.45) is 10.6. The molecule has 0 amide bonds. The lowest BCUT2D eigenvalue weighted by molar-refractivity contribution is 0.106. The SMILES string of the molecule is CC1(C)CCCCC1C(N)CC1CCCc2ccccc21. The highest BCUT2D eigenvalue weighted by atomic mass is 14.7. The van der Waals surface area contributed by atoms with Crippen LogP contribution in [0.4, 0.5) is 0 Å². The van der Waals surface area contributed by atoms with Crippen LogP contribution in [0.5, 0.6) is 0 Å². The predicted octanol–water partition coefficient (Wildman–Crippen LogP) is 5.04. The van der Waals surface area contributed by atoms with Crippen molar-refractivity contribution in [3.05, 3.63) is 35.4 Å². The molecule has 2 aliphatic rings. The zero-order chi connectivity index (χ0) is 14.9. The summed E-state index contributed by atoms with van der Waals surface area (Å²) in [6.45, 7) is 4.87. The number of fused-ring (bicyclic) bond motifs is 1. The van der Waals surface area contributed by atoms with Gasteiger partial charge in [0.15, 0.2) is 0 Å². The van der Waals surface area contributed by atoms with Gasteiger partial charge in [-0.25, -0.2) is 0 Å². The van der Waals surface area contributed by atoms with Crippen molar-refractivity contribution in [3.8, 4) is 0 Å². The first-order valence-electron chi connectivity index (χ1n) is 8.91. The molecule has 2 aliphatic carbocycles. The quantitative estimate of drug-likeness (QED) is 0.827. The summed E-state index contributed by atoms with van der Waals surface area (Å²) in [5, 5.41) is 0. The van der Waals surface area contributed by atoms with Crippen molar-refractivity contribution >= 4 is 0 Å². The van der Waals surface area contributed by atoms with E-state index in [1.807, 2.05) is 0 Å². The van der Waals surface area contributed by atoms with Gasteiger partial charge < -0.3 is 5.73 Å². The van der Waals surface area contributed by atoms with E-state index in [0.717, 1.165) is 0 Å². The van der Waals surface area contributed by atoms with Gasteiger partial charge in [0.1, 0.15) is 0 Å². The van der Waals surface area contributed by atoms with Crippen LogP contribution in [-0.2, 0) is 6.42 Å². The molecule has 0 aliphatic heterocycles. The van der Waals surface area contributed by atoms with Crippen LogP contribution in [0, 0.1) is 11.3 Å². The highest BCUT2D eigenvalue weighted by Crippen LogP contribution is 2.44. The van der Waals surface area contributed by atoms with Crippen LogP contribution in [0.2, 0.25) is 0 Å². The molecule has 1 aromatic rings. The molecule has 1 saturated carbocycles. The number of hydrogen-bond acceptors (Lipinski definition) is 1. The van der Waals surface area contributed by atoms with Crippen molar-refractivity contribution in [2.45, 2.75) is 77.2 Å². The third-order valence-electron chi connectivity index (χ3n) is 6.16. The molecular formula is C20H31N. The zero-order valence-electron chi connectivity index (χ0n) is 13.8. The fraction of sp³-hybridized carbons (Fsp3) is 0.700. The van der Waals surface area contributed by atoms with E-state index in [1.54, 1.807) is 11.1 Å². The second kappa shape index (κ2) is 6.12. The van der Waals surface area contributed by atoms with Crippen molar-refractivity contribution in [1.82, 2.24) is 0 Å². The number of hydrogen-bond donors (Lipinski definition) is 1. The molecular weight excluding hydrogens is 254 g/mol. The molecule has 0 aromatic heterocycles. The molecule has 2 N–H and O–H groups in total. The lowest BCUT2D eigenvalue weighted by Crippen LogP contribution is -2.42. The monoisotopic (exact) mass is 285 g/mol. The van der Waals surface area contributed by atoms with Gasteiger partial charge in [-0.2, -0.15) is 0 Å². The minimum absolute atomic E-state index is 0.372. The third kappa shape index (κ3) is 3.18. The van der Waals surface area contributed by atoms with Gasteiger partial charge in [-0.1, -0.05) is 51.0 Å². The second-order valence-electron chi connectivity index (χ2n) is 8.03. The summed E-state index contributed by atoms with van der Waals surface area (Å²) in [4.78, 5) is 0. The Bertz CT molecular complexity index is 476. The fourth-order valence-electron chi connectivity index (χ4n) is 4.91. The Labute approximate surface area is 130 Å². The van der Waals surface area contributed by atoms with Gasteiger partial charge in [0.2, 0.25) is 0 Å². The normalized spacial score (nSPS) is 29.7. The largest absolute Gasteiger partial charge is 0.327 e. The van der Waals surface area contributed by atoms with Crippen molar-refractivity contribution < 1.29 is 0 Å². The van der Waals surface area contributed by atoms with Crippen LogP contribution in [-0.4, -0.2) is 6.04 Å². The van der Waals surface area contributed by atoms with Gasteiger partial charge in [-0.05, 0) is 66.9 Å². The average molecular weight is 285 g/mol. The summed E-state index contributed by atoms with van der Waals surface area (Å²) in [6, 6.07) is 9.42. The Morgan fingerprint density at radius 2 is 1.95 bits per heavy atom. The minimum atomic E-state index is 0.372. The van der Waals surface area contributed by atoms with Gasteiger partial charge in [-0.15, -0.1) is 0 Å². The number of nitrogens with two attached hydrogens (primary N) is 1.